The maximum absolute atomic E-state index is 12.5. The summed E-state index contributed by atoms with van der Waals surface area (Å²) in [5, 5.41) is 9.69. The third-order valence-electron chi connectivity index (χ3n) is 1.98. The fourth-order valence-electron chi connectivity index (χ4n) is 1.29. The van der Waals surface area contributed by atoms with Gasteiger partial charge in [-0.15, -0.1) is 0 Å². The van der Waals surface area contributed by atoms with E-state index in [0.717, 1.165) is 6.92 Å². The highest BCUT2D eigenvalue weighted by Crippen LogP contribution is 2.39. The Morgan fingerprint density at radius 2 is 1.94 bits per heavy atom. The van der Waals surface area contributed by atoms with E-state index in [4.69, 9.17) is 11.6 Å². The molecule has 0 atom stereocenters. The van der Waals surface area contributed by atoms with Crippen LogP contribution in [0, 0.1) is 10.1 Å². The molecular weight excluding hydrogens is 263 g/mol. The number of halogens is 4. The second kappa shape index (κ2) is 4.33. The molecule has 0 radical (unpaired) electrons. The van der Waals surface area contributed by atoms with Crippen LogP contribution in [0.5, 0.6) is 0 Å². The average molecular weight is 268 g/mol. The molecule has 1 aromatic carbocycles. The van der Waals surface area contributed by atoms with E-state index in [1.165, 1.54) is 0 Å². The molecule has 0 aromatic heterocycles. The van der Waals surface area contributed by atoms with Gasteiger partial charge in [-0.1, -0.05) is 11.6 Å². The molecule has 0 bridgehead atoms. The summed E-state index contributed by atoms with van der Waals surface area (Å²) >= 11 is 5.45. The summed E-state index contributed by atoms with van der Waals surface area (Å²) in [6.45, 7) is 0.861. The monoisotopic (exact) mass is 267 g/mol. The number of hydrogen-bond donors (Lipinski definition) is 0. The van der Waals surface area contributed by atoms with Crippen LogP contribution in [0.25, 0.3) is 0 Å². The largest absolute Gasteiger partial charge is 0.417 e. The topological polar surface area (TPSA) is 60.2 Å². The molecule has 8 heteroatoms. The first-order valence-electron chi connectivity index (χ1n) is 4.21. The molecule has 0 N–H and O–H groups in total. The molecule has 92 valence electrons. The van der Waals surface area contributed by atoms with Crippen molar-refractivity contribution < 1.29 is 22.9 Å². The third kappa shape index (κ3) is 2.55. The molecule has 0 aliphatic carbocycles. The summed E-state index contributed by atoms with van der Waals surface area (Å²) < 4.78 is 37.6. The van der Waals surface area contributed by atoms with Gasteiger partial charge in [0.05, 0.1) is 16.1 Å². The maximum Gasteiger partial charge on any atom is 0.417 e. The van der Waals surface area contributed by atoms with Crippen LogP contribution < -0.4 is 0 Å². The second-order valence-electron chi connectivity index (χ2n) is 3.13. The van der Waals surface area contributed by atoms with E-state index in [1.54, 1.807) is 0 Å². The third-order valence-corrected chi connectivity index (χ3v) is 2.36. The normalized spacial score (nSPS) is 11.4. The SMILES string of the molecule is CC(=O)c1c(C(F)(F)F)ccc([N+](=O)[O-])c1Cl. The molecule has 0 saturated carbocycles. The molecule has 1 aromatic rings. The van der Waals surface area contributed by atoms with Gasteiger partial charge < -0.3 is 0 Å². The van der Waals surface area contributed by atoms with E-state index in [2.05, 4.69) is 0 Å². The van der Waals surface area contributed by atoms with Gasteiger partial charge in [-0.25, -0.2) is 0 Å². The van der Waals surface area contributed by atoms with Crippen LogP contribution in [-0.2, 0) is 6.18 Å². The Balaban J connectivity index is 3.63. The van der Waals surface area contributed by atoms with Gasteiger partial charge in [-0.2, -0.15) is 13.2 Å². The number of alkyl halides is 3. The van der Waals surface area contributed by atoms with Crippen LogP contribution in [0.4, 0.5) is 18.9 Å². The number of benzene rings is 1. The van der Waals surface area contributed by atoms with E-state index >= 15 is 0 Å². The molecule has 0 saturated heterocycles. The number of carbonyl (C=O) groups is 1. The molecule has 4 nitrogen and oxygen atoms in total. The Morgan fingerprint density at radius 3 is 2.29 bits per heavy atom. The highest BCUT2D eigenvalue weighted by Gasteiger charge is 2.37. The molecule has 0 heterocycles. The first kappa shape index (κ1) is 13.4. The second-order valence-corrected chi connectivity index (χ2v) is 3.51. The van der Waals surface area contributed by atoms with Gasteiger partial charge >= 0.3 is 6.18 Å². The first-order chi connectivity index (χ1) is 7.66. The number of hydrogen-bond acceptors (Lipinski definition) is 3. The molecule has 17 heavy (non-hydrogen) atoms. The molecular formula is C9H5ClF3NO3. The number of ketones is 1. The van der Waals surface area contributed by atoms with E-state index in [-0.39, 0.29) is 0 Å². The smallest absolute Gasteiger partial charge is 0.294 e. The lowest BCUT2D eigenvalue weighted by molar-refractivity contribution is -0.384. The number of Topliss-reactive ketones (excluding diaryl/α,β-unsaturated/α-hetero) is 1. The van der Waals surface area contributed by atoms with E-state index < -0.39 is 38.7 Å². The predicted molar refractivity (Wildman–Crippen MR) is 53.1 cm³/mol. The quantitative estimate of drug-likeness (QED) is 0.468. The summed E-state index contributed by atoms with van der Waals surface area (Å²) in [4.78, 5) is 20.6. The summed E-state index contributed by atoms with van der Waals surface area (Å²) in [5.74, 6) is -0.981. The summed E-state index contributed by atoms with van der Waals surface area (Å²) in [7, 11) is 0. The molecule has 0 fully saturated rings. The Morgan fingerprint density at radius 1 is 1.41 bits per heavy atom. The fraction of sp³-hybridized carbons (Fsp3) is 0.222. The van der Waals surface area contributed by atoms with Crippen molar-refractivity contribution >= 4 is 23.1 Å². The minimum atomic E-state index is -4.79. The van der Waals surface area contributed by atoms with E-state index in [9.17, 15) is 28.1 Å². The van der Waals surface area contributed by atoms with E-state index in [0.29, 0.717) is 12.1 Å². The summed E-state index contributed by atoms with van der Waals surface area (Å²) in [6.07, 6.45) is -4.79. The minimum Gasteiger partial charge on any atom is -0.294 e. The van der Waals surface area contributed by atoms with Crippen molar-refractivity contribution in [2.24, 2.45) is 0 Å². The zero-order valence-electron chi connectivity index (χ0n) is 8.34. The van der Waals surface area contributed by atoms with Crippen molar-refractivity contribution in [3.8, 4) is 0 Å². The van der Waals surface area contributed by atoms with Crippen molar-refractivity contribution in [3.63, 3.8) is 0 Å². The predicted octanol–water partition coefficient (Wildman–Crippen LogP) is 3.47. The van der Waals surface area contributed by atoms with Crippen LogP contribution in [-0.4, -0.2) is 10.7 Å². The number of rotatable bonds is 2. The summed E-state index contributed by atoms with van der Waals surface area (Å²) in [6, 6.07) is 1.10. The first-order valence-corrected chi connectivity index (χ1v) is 4.59. The van der Waals surface area contributed by atoms with E-state index in [1.807, 2.05) is 0 Å². The van der Waals surface area contributed by atoms with Crippen LogP contribution in [0.1, 0.15) is 22.8 Å². The summed E-state index contributed by atoms with van der Waals surface area (Å²) in [5.41, 5.74) is -2.89. The zero-order valence-corrected chi connectivity index (χ0v) is 9.09. The lowest BCUT2D eigenvalue weighted by atomic mass is 10.0. The van der Waals surface area contributed by atoms with Crippen molar-refractivity contribution in [2.45, 2.75) is 13.1 Å². The van der Waals surface area contributed by atoms with Crippen molar-refractivity contribution in [3.05, 3.63) is 38.4 Å². The van der Waals surface area contributed by atoms with Crippen molar-refractivity contribution in [2.75, 3.05) is 0 Å². The van der Waals surface area contributed by atoms with Gasteiger partial charge in [0.2, 0.25) is 0 Å². The molecule has 0 unspecified atom stereocenters. The highest BCUT2D eigenvalue weighted by molar-refractivity contribution is 6.36. The molecule has 0 amide bonds. The van der Waals surface area contributed by atoms with Gasteiger partial charge in [0.1, 0.15) is 5.02 Å². The van der Waals surface area contributed by atoms with Crippen LogP contribution in [0.15, 0.2) is 12.1 Å². The van der Waals surface area contributed by atoms with Gasteiger partial charge in [-0.3, -0.25) is 14.9 Å². The fourth-order valence-corrected chi connectivity index (χ4v) is 1.65. The highest BCUT2D eigenvalue weighted by atomic mass is 35.5. The van der Waals surface area contributed by atoms with Gasteiger partial charge in [0.25, 0.3) is 5.69 Å². The molecule has 1 rings (SSSR count). The Hall–Kier alpha value is -1.63. The zero-order chi connectivity index (χ0) is 13.4. The number of nitro groups is 1. The molecule has 0 aliphatic heterocycles. The maximum atomic E-state index is 12.5. The molecule has 0 aliphatic rings. The number of carbonyl (C=O) groups excluding carboxylic acids is 1. The average Bonchev–Trinajstić information content (AvgIpc) is 2.14. The van der Waals surface area contributed by atoms with Gasteiger partial charge in [-0.05, 0) is 13.0 Å². The number of nitrogens with zero attached hydrogens (tertiary/aromatic N) is 1. The molecule has 0 spiro atoms. The Labute approximate surface area is 98.1 Å². The Bertz CT molecular complexity index is 499. The lowest BCUT2D eigenvalue weighted by Crippen LogP contribution is -2.13. The lowest BCUT2D eigenvalue weighted by Gasteiger charge is -2.12. The Kier molecular flexibility index (Phi) is 3.42. The van der Waals surface area contributed by atoms with Crippen molar-refractivity contribution in [1.29, 1.82) is 0 Å². The van der Waals surface area contributed by atoms with Crippen molar-refractivity contribution in [1.82, 2.24) is 0 Å². The van der Waals surface area contributed by atoms with Gasteiger partial charge in [0.15, 0.2) is 5.78 Å². The van der Waals surface area contributed by atoms with Crippen LogP contribution >= 0.6 is 11.6 Å². The minimum absolute atomic E-state index is 0.473. The standard InChI is InChI=1S/C9H5ClF3NO3/c1-4(15)7-5(9(11,12)13)2-3-6(8(7)10)14(16)17/h2-3H,1H3. The van der Waals surface area contributed by atoms with Crippen LogP contribution in [0.2, 0.25) is 5.02 Å². The number of nitro benzene ring substituents is 1. The van der Waals surface area contributed by atoms with Crippen LogP contribution in [0.3, 0.4) is 0 Å². The van der Waals surface area contributed by atoms with Gasteiger partial charge in [0, 0.05) is 6.07 Å².